The lowest BCUT2D eigenvalue weighted by Crippen LogP contribution is -2.64. The molecule has 2 aromatic carbocycles. The van der Waals surface area contributed by atoms with Crippen LogP contribution in [0.1, 0.15) is 35.3 Å². The third kappa shape index (κ3) is 3.67. The van der Waals surface area contributed by atoms with Gasteiger partial charge in [-0.05, 0) is 30.5 Å². The highest BCUT2D eigenvalue weighted by molar-refractivity contribution is 5.99. The fourth-order valence-electron chi connectivity index (χ4n) is 4.63. The smallest absolute Gasteiger partial charge is 0.327 e. The first-order valence-corrected chi connectivity index (χ1v) is 10.6. The number of piperidine rings is 1. The fraction of sp³-hybridized carbons (Fsp3) is 0.292. The molecule has 7 nitrogen and oxygen atoms in total. The minimum absolute atomic E-state index is 0.193. The van der Waals surface area contributed by atoms with E-state index in [0.29, 0.717) is 12.2 Å². The van der Waals surface area contributed by atoms with Crippen LogP contribution >= 0.6 is 0 Å². The summed E-state index contributed by atoms with van der Waals surface area (Å²) in [5, 5.41) is 4.04. The van der Waals surface area contributed by atoms with E-state index in [4.69, 9.17) is 0 Å². The number of hydrogen-bond acceptors (Lipinski definition) is 3. The van der Waals surface area contributed by atoms with Gasteiger partial charge in [-0.2, -0.15) is 0 Å². The Hall–Kier alpha value is -3.61. The van der Waals surface area contributed by atoms with Crippen LogP contribution in [0.25, 0.3) is 10.9 Å². The molecule has 0 bridgehead atoms. The summed E-state index contributed by atoms with van der Waals surface area (Å²) in [6.45, 7) is 0.870. The van der Waals surface area contributed by atoms with Crippen molar-refractivity contribution < 1.29 is 14.4 Å². The van der Waals surface area contributed by atoms with Gasteiger partial charge in [-0.25, -0.2) is 4.79 Å². The van der Waals surface area contributed by atoms with Crippen molar-refractivity contribution in [3.63, 3.8) is 0 Å². The molecule has 5 rings (SSSR count). The normalized spacial score (nSPS) is 21.3. The number of imide groups is 1. The van der Waals surface area contributed by atoms with Crippen LogP contribution in [-0.4, -0.2) is 51.3 Å². The Kier molecular flexibility index (Phi) is 4.94. The first kappa shape index (κ1) is 19.4. The Morgan fingerprint density at radius 2 is 1.84 bits per heavy atom. The molecule has 2 saturated heterocycles. The first-order chi connectivity index (χ1) is 15.1. The number of para-hydroxylation sites is 1. The molecule has 0 saturated carbocycles. The molecule has 1 aromatic heterocycles. The molecule has 2 aliphatic rings. The molecular weight excluding hydrogens is 392 g/mol. The number of aromatic amines is 1. The summed E-state index contributed by atoms with van der Waals surface area (Å²) in [4.78, 5) is 45.1. The van der Waals surface area contributed by atoms with Crippen LogP contribution in [0.5, 0.6) is 0 Å². The maximum atomic E-state index is 13.1. The maximum Gasteiger partial charge on any atom is 0.327 e. The highest BCUT2D eigenvalue weighted by atomic mass is 16.2. The largest absolute Gasteiger partial charge is 0.351 e. The highest BCUT2D eigenvalue weighted by Gasteiger charge is 2.44. The summed E-state index contributed by atoms with van der Waals surface area (Å²) in [6.07, 6.45) is 1.75. The molecule has 158 valence electrons. The van der Waals surface area contributed by atoms with E-state index in [0.717, 1.165) is 29.3 Å². The Morgan fingerprint density at radius 1 is 1.06 bits per heavy atom. The summed E-state index contributed by atoms with van der Waals surface area (Å²) in [5.41, 5.74) is 2.30. The second kappa shape index (κ2) is 7.91. The van der Waals surface area contributed by atoms with Crippen LogP contribution in [-0.2, 0) is 11.3 Å². The molecule has 0 radical (unpaired) electrons. The first-order valence-electron chi connectivity index (χ1n) is 10.6. The third-order valence-electron chi connectivity index (χ3n) is 6.21. The summed E-state index contributed by atoms with van der Waals surface area (Å²) >= 11 is 0. The van der Waals surface area contributed by atoms with E-state index in [-0.39, 0.29) is 42.9 Å². The Balaban J connectivity index is 1.31. The Bertz CT molecular complexity index is 1110. The topological polar surface area (TPSA) is 85.5 Å². The molecule has 7 heteroatoms. The quantitative estimate of drug-likeness (QED) is 0.684. The summed E-state index contributed by atoms with van der Waals surface area (Å²) < 4.78 is 0. The third-order valence-corrected chi connectivity index (χ3v) is 6.21. The zero-order valence-electron chi connectivity index (χ0n) is 17.1. The summed E-state index contributed by atoms with van der Waals surface area (Å²) in [6, 6.07) is 18.2. The lowest BCUT2D eigenvalue weighted by atomic mass is 9.91. The number of amides is 4. The minimum Gasteiger partial charge on any atom is -0.351 e. The molecule has 4 amide bonds. The van der Waals surface area contributed by atoms with Gasteiger partial charge >= 0.3 is 6.03 Å². The van der Waals surface area contributed by atoms with E-state index >= 15 is 0 Å². The summed E-state index contributed by atoms with van der Waals surface area (Å²) in [7, 11) is 0. The average Bonchev–Trinajstić information content (AvgIpc) is 3.22. The number of urea groups is 1. The monoisotopic (exact) mass is 416 g/mol. The van der Waals surface area contributed by atoms with Crippen LogP contribution in [0.4, 0.5) is 4.79 Å². The highest BCUT2D eigenvalue weighted by Crippen LogP contribution is 2.28. The number of rotatable bonds is 4. The number of hydrogen-bond donors (Lipinski definition) is 2. The Labute approximate surface area is 180 Å². The van der Waals surface area contributed by atoms with Gasteiger partial charge < -0.3 is 15.2 Å². The van der Waals surface area contributed by atoms with E-state index in [2.05, 4.69) is 10.3 Å². The SMILES string of the molecule is O=C(N[C@H]1CCCN2C(=O)N(Cc3ccccc3)C(=O)C[C@H]12)c1cc2ccccc2[nH]1. The molecule has 3 heterocycles. The van der Waals surface area contributed by atoms with Gasteiger partial charge in [0, 0.05) is 23.9 Å². The zero-order valence-corrected chi connectivity index (χ0v) is 17.1. The second-order valence-electron chi connectivity index (χ2n) is 8.21. The lowest BCUT2D eigenvalue weighted by molar-refractivity contribution is -0.134. The van der Waals surface area contributed by atoms with E-state index < -0.39 is 0 Å². The van der Waals surface area contributed by atoms with Crippen LogP contribution in [0.15, 0.2) is 60.7 Å². The molecule has 0 aliphatic carbocycles. The van der Waals surface area contributed by atoms with Crippen molar-refractivity contribution in [3.05, 3.63) is 71.9 Å². The zero-order chi connectivity index (χ0) is 21.4. The van der Waals surface area contributed by atoms with Crippen molar-refractivity contribution in [2.75, 3.05) is 6.54 Å². The van der Waals surface area contributed by atoms with Crippen molar-refractivity contribution in [1.82, 2.24) is 20.1 Å². The molecule has 2 atom stereocenters. The van der Waals surface area contributed by atoms with Crippen molar-refractivity contribution in [3.8, 4) is 0 Å². The van der Waals surface area contributed by atoms with E-state index in [1.54, 1.807) is 4.90 Å². The summed E-state index contributed by atoms with van der Waals surface area (Å²) in [5.74, 6) is -0.406. The van der Waals surface area contributed by atoms with Gasteiger partial charge in [-0.1, -0.05) is 48.5 Å². The van der Waals surface area contributed by atoms with Gasteiger partial charge in [0.15, 0.2) is 0 Å². The molecule has 3 aromatic rings. The standard InChI is InChI=1S/C24H24N4O3/c29-22-14-21-19(26-23(30)20-13-17-9-4-5-10-18(17)25-20)11-6-12-27(21)24(31)28(22)15-16-7-2-1-3-8-16/h1-5,7-10,13,19,21,25H,6,11-12,14-15H2,(H,26,30)/t19-,21+/m0/s1. The number of carbonyl (C=O) groups is 3. The van der Waals surface area contributed by atoms with Crippen LogP contribution in [0.2, 0.25) is 0 Å². The maximum absolute atomic E-state index is 13.1. The lowest BCUT2D eigenvalue weighted by Gasteiger charge is -2.46. The number of nitrogens with zero attached hydrogens (tertiary/aromatic N) is 2. The number of fused-ring (bicyclic) bond motifs is 2. The van der Waals surface area contributed by atoms with Gasteiger partial charge in [0.1, 0.15) is 5.69 Å². The van der Waals surface area contributed by atoms with Crippen LogP contribution in [0, 0.1) is 0 Å². The number of nitrogens with one attached hydrogen (secondary N) is 2. The van der Waals surface area contributed by atoms with Crippen molar-refractivity contribution in [2.45, 2.75) is 37.9 Å². The predicted molar refractivity (Wildman–Crippen MR) is 116 cm³/mol. The average molecular weight is 416 g/mol. The predicted octanol–water partition coefficient (Wildman–Crippen LogP) is 3.28. The van der Waals surface area contributed by atoms with Crippen LogP contribution < -0.4 is 5.32 Å². The molecule has 2 N–H and O–H groups in total. The van der Waals surface area contributed by atoms with Gasteiger partial charge in [-0.3, -0.25) is 14.5 Å². The molecule has 31 heavy (non-hydrogen) atoms. The van der Waals surface area contributed by atoms with Gasteiger partial charge in [0.25, 0.3) is 5.91 Å². The van der Waals surface area contributed by atoms with Gasteiger partial charge in [-0.15, -0.1) is 0 Å². The van der Waals surface area contributed by atoms with Gasteiger partial charge in [0.05, 0.1) is 18.6 Å². The Morgan fingerprint density at radius 3 is 2.65 bits per heavy atom. The van der Waals surface area contributed by atoms with Gasteiger partial charge in [0.2, 0.25) is 5.91 Å². The fourth-order valence-corrected chi connectivity index (χ4v) is 4.63. The van der Waals surface area contributed by atoms with Crippen LogP contribution in [0.3, 0.4) is 0 Å². The molecule has 0 unspecified atom stereocenters. The van der Waals surface area contributed by atoms with Crippen molar-refractivity contribution >= 4 is 28.7 Å². The minimum atomic E-state index is -0.311. The number of aromatic nitrogens is 1. The molecular formula is C24H24N4O3. The number of H-pyrrole nitrogens is 1. The van der Waals surface area contributed by atoms with Crippen molar-refractivity contribution in [1.29, 1.82) is 0 Å². The molecule has 2 aliphatic heterocycles. The van der Waals surface area contributed by atoms with E-state index in [9.17, 15) is 14.4 Å². The van der Waals surface area contributed by atoms with E-state index in [1.807, 2.05) is 60.7 Å². The van der Waals surface area contributed by atoms with Crippen molar-refractivity contribution in [2.24, 2.45) is 0 Å². The van der Waals surface area contributed by atoms with E-state index in [1.165, 1.54) is 4.90 Å². The number of carbonyl (C=O) groups excluding carboxylic acids is 3. The number of benzene rings is 2. The molecule has 0 spiro atoms. The molecule has 2 fully saturated rings. The second-order valence-corrected chi connectivity index (χ2v) is 8.21.